The Labute approximate surface area is 210 Å². The van der Waals surface area contributed by atoms with Gasteiger partial charge in [0.15, 0.2) is 0 Å². The first-order valence-corrected chi connectivity index (χ1v) is 12.8. The van der Waals surface area contributed by atoms with Gasteiger partial charge in [-0.3, -0.25) is 0 Å². The molecule has 4 unspecified atom stereocenters. The Hall–Kier alpha value is -2.01. The van der Waals surface area contributed by atoms with Crippen LogP contribution in [0.25, 0.3) is 0 Å². The summed E-state index contributed by atoms with van der Waals surface area (Å²) >= 11 is 10.0. The molecule has 1 N–H and O–H groups in total. The van der Waals surface area contributed by atoms with E-state index >= 15 is 0 Å². The van der Waals surface area contributed by atoms with Gasteiger partial charge in [-0.15, -0.1) is 0 Å². The highest BCUT2D eigenvalue weighted by Gasteiger charge is 2.50. The van der Waals surface area contributed by atoms with E-state index in [2.05, 4.69) is 100 Å². The predicted molar refractivity (Wildman–Crippen MR) is 141 cm³/mol. The lowest BCUT2D eigenvalue weighted by atomic mass is 9.66. The molecule has 2 fully saturated rings. The van der Waals surface area contributed by atoms with Crippen molar-refractivity contribution in [2.75, 3.05) is 16.3 Å². The minimum Gasteiger partial charge on any atom is -0.393 e. The summed E-state index contributed by atoms with van der Waals surface area (Å²) in [7, 11) is 0. The number of aliphatic hydroxyl groups excluding tert-OH is 1. The molecule has 3 aromatic carbocycles. The van der Waals surface area contributed by atoms with Gasteiger partial charge in [-0.25, -0.2) is 0 Å². The topological polar surface area (TPSA) is 26.7 Å². The Balaban J connectivity index is 1.70. The Morgan fingerprint density at radius 2 is 1.61 bits per heavy atom. The van der Waals surface area contributed by atoms with Gasteiger partial charge in [-0.2, -0.15) is 0 Å². The van der Waals surface area contributed by atoms with Crippen LogP contribution in [0, 0.1) is 11.3 Å². The molecule has 0 spiro atoms. The normalized spacial score (nSPS) is 26.7. The van der Waals surface area contributed by atoms with Crippen LogP contribution in [0.1, 0.15) is 38.4 Å². The van der Waals surface area contributed by atoms with E-state index < -0.39 is 0 Å². The van der Waals surface area contributed by atoms with Crippen molar-refractivity contribution >= 4 is 38.9 Å². The third-order valence-electron chi connectivity index (χ3n) is 7.20. The molecule has 1 saturated carbocycles. The Morgan fingerprint density at radius 3 is 2.30 bits per heavy atom. The van der Waals surface area contributed by atoms with Gasteiger partial charge in [0.2, 0.25) is 0 Å². The summed E-state index contributed by atoms with van der Waals surface area (Å²) in [6.45, 7) is 5.35. The molecule has 33 heavy (non-hydrogen) atoms. The van der Waals surface area contributed by atoms with Gasteiger partial charge in [0, 0.05) is 39.4 Å². The molecule has 3 nitrogen and oxygen atoms in total. The lowest BCUT2D eigenvalue weighted by Gasteiger charge is -2.59. The molecule has 0 amide bonds. The molecular formula is C28H30BrClN2O. The minimum atomic E-state index is -0.350. The maximum absolute atomic E-state index is 11.3. The number of halogens is 2. The first kappa shape index (κ1) is 22.8. The molecular weight excluding hydrogens is 496 g/mol. The average Bonchev–Trinajstić information content (AvgIpc) is 2.78. The molecule has 3 aromatic rings. The summed E-state index contributed by atoms with van der Waals surface area (Å²) in [5.41, 5.74) is 3.55. The summed E-state index contributed by atoms with van der Waals surface area (Å²) in [6.07, 6.45) is 1.50. The molecule has 1 saturated heterocycles. The quantitative estimate of drug-likeness (QED) is 0.389. The van der Waals surface area contributed by atoms with Crippen molar-refractivity contribution in [3.05, 3.63) is 93.9 Å². The van der Waals surface area contributed by atoms with Crippen LogP contribution in [0.4, 0.5) is 11.4 Å². The van der Waals surface area contributed by atoms with E-state index in [0.29, 0.717) is 0 Å². The molecule has 1 aliphatic carbocycles. The zero-order chi connectivity index (χ0) is 23.2. The van der Waals surface area contributed by atoms with E-state index in [4.69, 9.17) is 11.6 Å². The number of aliphatic hydroxyl groups is 1. The zero-order valence-corrected chi connectivity index (χ0v) is 21.4. The fraction of sp³-hybridized carbons (Fsp3) is 0.357. The Kier molecular flexibility index (Phi) is 6.19. The highest BCUT2D eigenvalue weighted by molar-refractivity contribution is 9.10. The maximum atomic E-state index is 11.3. The second-order valence-corrected chi connectivity index (χ2v) is 11.5. The molecule has 0 aromatic heterocycles. The standard InChI is InChI=1S/C28H30BrClN2O/c1-28(2)16-25-24(26(33)17-28)18-31(23-10-6-7-21(30)15-23)27(19-11-13-20(29)14-12-19)32(25)22-8-4-3-5-9-22/h3-15,24-27,33H,16-18H2,1-2H3. The lowest BCUT2D eigenvalue weighted by Crippen LogP contribution is -2.63. The molecule has 1 aliphatic heterocycles. The number of anilines is 2. The summed E-state index contributed by atoms with van der Waals surface area (Å²) in [4.78, 5) is 4.97. The van der Waals surface area contributed by atoms with Crippen LogP contribution in [0.2, 0.25) is 5.02 Å². The molecule has 2 aliphatic rings. The van der Waals surface area contributed by atoms with E-state index in [-0.39, 0.29) is 29.6 Å². The van der Waals surface area contributed by atoms with Crippen LogP contribution < -0.4 is 9.80 Å². The lowest BCUT2D eigenvalue weighted by molar-refractivity contribution is -0.00719. The molecule has 5 rings (SSSR count). The van der Waals surface area contributed by atoms with Gasteiger partial charge in [0.25, 0.3) is 0 Å². The van der Waals surface area contributed by atoms with Gasteiger partial charge in [0.05, 0.1) is 6.10 Å². The van der Waals surface area contributed by atoms with Crippen LogP contribution in [0.15, 0.2) is 83.3 Å². The number of benzene rings is 3. The Bertz CT molecular complexity index is 1100. The number of hydrogen-bond donors (Lipinski definition) is 1. The van der Waals surface area contributed by atoms with Crippen LogP contribution >= 0.6 is 27.5 Å². The van der Waals surface area contributed by atoms with Gasteiger partial charge in [-0.05, 0) is 66.3 Å². The molecule has 0 bridgehead atoms. The Morgan fingerprint density at radius 1 is 0.909 bits per heavy atom. The maximum Gasteiger partial charge on any atom is 0.128 e. The summed E-state index contributed by atoms with van der Waals surface area (Å²) < 4.78 is 1.06. The monoisotopic (exact) mass is 524 g/mol. The third-order valence-corrected chi connectivity index (χ3v) is 7.96. The van der Waals surface area contributed by atoms with Crippen LogP contribution in [-0.4, -0.2) is 23.8 Å². The smallest absolute Gasteiger partial charge is 0.128 e. The van der Waals surface area contributed by atoms with Gasteiger partial charge in [0.1, 0.15) is 6.17 Å². The van der Waals surface area contributed by atoms with Crippen molar-refractivity contribution < 1.29 is 5.11 Å². The molecule has 1 heterocycles. The van der Waals surface area contributed by atoms with Crippen molar-refractivity contribution in [2.24, 2.45) is 11.3 Å². The number of fused-ring (bicyclic) bond motifs is 1. The fourth-order valence-corrected chi connectivity index (χ4v) is 6.24. The van der Waals surface area contributed by atoms with Crippen molar-refractivity contribution in [1.82, 2.24) is 0 Å². The van der Waals surface area contributed by atoms with E-state index in [1.807, 2.05) is 18.2 Å². The van der Waals surface area contributed by atoms with Crippen LogP contribution in [0.5, 0.6) is 0 Å². The highest BCUT2D eigenvalue weighted by Crippen LogP contribution is 2.49. The van der Waals surface area contributed by atoms with E-state index in [0.717, 1.165) is 34.6 Å². The average molecular weight is 526 g/mol. The number of para-hydroxylation sites is 1. The second-order valence-electron chi connectivity index (χ2n) is 10.2. The van der Waals surface area contributed by atoms with Crippen molar-refractivity contribution in [3.63, 3.8) is 0 Å². The van der Waals surface area contributed by atoms with E-state index in [1.54, 1.807) is 0 Å². The fourth-order valence-electron chi connectivity index (χ4n) is 5.79. The van der Waals surface area contributed by atoms with Crippen molar-refractivity contribution in [3.8, 4) is 0 Å². The molecule has 5 heteroatoms. The van der Waals surface area contributed by atoms with E-state index in [1.165, 1.54) is 11.3 Å². The first-order chi connectivity index (χ1) is 15.8. The molecule has 172 valence electrons. The second kappa shape index (κ2) is 8.98. The third kappa shape index (κ3) is 4.53. The van der Waals surface area contributed by atoms with Crippen molar-refractivity contribution in [2.45, 2.75) is 45.0 Å². The van der Waals surface area contributed by atoms with Gasteiger partial charge >= 0.3 is 0 Å². The number of hydrogen-bond acceptors (Lipinski definition) is 3. The van der Waals surface area contributed by atoms with Crippen LogP contribution in [0.3, 0.4) is 0 Å². The summed E-state index contributed by atoms with van der Waals surface area (Å²) in [5.74, 6) is 0.143. The summed E-state index contributed by atoms with van der Waals surface area (Å²) in [5, 5.41) is 12.1. The largest absolute Gasteiger partial charge is 0.393 e. The predicted octanol–water partition coefficient (Wildman–Crippen LogP) is 7.29. The highest BCUT2D eigenvalue weighted by atomic mass is 79.9. The van der Waals surface area contributed by atoms with Crippen LogP contribution in [-0.2, 0) is 0 Å². The number of nitrogens with zero attached hydrogens (tertiary/aromatic N) is 2. The van der Waals surface area contributed by atoms with E-state index in [9.17, 15) is 5.11 Å². The molecule has 4 atom stereocenters. The van der Waals surface area contributed by atoms with Crippen molar-refractivity contribution in [1.29, 1.82) is 0 Å². The molecule has 0 radical (unpaired) electrons. The number of rotatable bonds is 3. The minimum absolute atomic E-state index is 0.0127. The zero-order valence-electron chi connectivity index (χ0n) is 19.0. The van der Waals surface area contributed by atoms with Gasteiger partial charge < -0.3 is 14.9 Å². The SMILES string of the molecule is CC1(C)CC(O)C2CN(c3cccc(Cl)c3)C(c3ccc(Br)cc3)N(c3ccccc3)C2C1. The summed E-state index contributed by atoms with van der Waals surface area (Å²) in [6, 6.07) is 27.6. The van der Waals surface area contributed by atoms with Gasteiger partial charge in [-0.1, -0.05) is 77.8 Å². The first-order valence-electron chi connectivity index (χ1n) is 11.6.